The molecule has 2 aromatic heterocycles. The van der Waals surface area contributed by atoms with Crippen molar-refractivity contribution in [3.63, 3.8) is 0 Å². The zero-order chi connectivity index (χ0) is 44.7. The number of carbonyl (C=O) groups is 7. The summed E-state index contributed by atoms with van der Waals surface area (Å²) >= 11 is 6.16. The normalized spacial score (nSPS) is 13.5. The third-order valence-electron chi connectivity index (χ3n) is 9.34. The lowest BCUT2D eigenvalue weighted by Gasteiger charge is -2.32. The van der Waals surface area contributed by atoms with Crippen molar-refractivity contribution in [3.8, 4) is 5.69 Å². The molecule has 3 aromatic carbocycles. The number of carbonyl (C=O) groups excluding carboxylic acids is 5. The standard InChI is InChI=1S/C40H41ClN10O11/c1-40(2,3)62-33(52)20-61-27-12-14-49(15-13-27)38(58)44-25-7-4-22(5-8-25)16-29(34(53)43-26-9-11-30-23(17-26)18-32(37(56)57)51(30)39(59)60)46-36(55)35(54)45-28-19-24(41)6-10-31(28)50-21-42-47-48-50/h4-11,17-19,21,27,29H,12-16,20H2,1-3H3,(H,43,53)(H,44,58)(H,45,54)(H,46,55)(H,56,57)(H,59,60). The van der Waals surface area contributed by atoms with E-state index in [1.54, 1.807) is 49.9 Å². The molecule has 0 bridgehead atoms. The molecule has 0 spiro atoms. The highest BCUT2D eigenvalue weighted by molar-refractivity contribution is 6.40. The SMILES string of the molecule is CC(C)(C)OC(=O)COC1CCN(C(=O)Nc2ccc(CC(NC(=O)C(=O)Nc3cc(Cl)ccc3-n3cnnn3)C(=O)Nc3ccc4c(c3)cc(C(=O)O)n4C(=O)O)cc2)CC1. The van der Waals surface area contributed by atoms with Crippen LogP contribution in [-0.4, -0.2) is 119 Å². The van der Waals surface area contributed by atoms with Gasteiger partial charge in [-0.15, -0.1) is 5.10 Å². The Morgan fingerprint density at radius 3 is 2.23 bits per heavy atom. The van der Waals surface area contributed by atoms with Crippen molar-refractivity contribution in [3.05, 3.63) is 89.3 Å². The molecule has 3 heterocycles. The van der Waals surface area contributed by atoms with E-state index in [1.165, 1.54) is 47.4 Å². The van der Waals surface area contributed by atoms with Gasteiger partial charge in [-0.3, -0.25) is 14.4 Å². The van der Waals surface area contributed by atoms with Crippen LogP contribution < -0.4 is 21.3 Å². The summed E-state index contributed by atoms with van der Waals surface area (Å²) < 4.78 is 12.8. The summed E-state index contributed by atoms with van der Waals surface area (Å²) in [7, 11) is 0. The van der Waals surface area contributed by atoms with Gasteiger partial charge in [0.05, 0.1) is 23.0 Å². The van der Waals surface area contributed by atoms with Crippen LogP contribution in [0, 0.1) is 0 Å². The maximum Gasteiger partial charge on any atom is 0.416 e. The smallest absolute Gasteiger partial charge is 0.416 e. The predicted molar refractivity (Wildman–Crippen MR) is 221 cm³/mol. The average Bonchev–Trinajstić information content (AvgIpc) is 3.89. The van der Waals surface area contributed by atoms with E-state index in [9.17, 15) is 43.8 Å². The zero-order valence-electron chi connectivity index (χ0n) is 33.5. The number of esters is 1. The maximum absolute atomic E-state index is 13.9. The van der Waals surface area contributed by atoms with Crippen LogP contribution in [0.15, 0.2) is 73.1 Å². The lowest BCUT2D eigenvalue weighted by atomic mass is 10.0. The molecule has 21 nitrogen and oxygen atoms in total. The van der Waals surface area contributed by atoms with Crippen LogP contribution in [0.1, 0.15) is 49.7 Å². The van der Waals surface area contributed by atoms with E-state index in [4.69, 9.17) is 21.1 Å². The van der Waals surface area contributed by atoms with Crippen molar-refractivity contribution in [2.45, 2.75) is 57.8 Å². The molecule has 5 amide bonds. The number of aromatic nitrogens is 5. The monoisotopic (exact) mass is 872 g/mol. The first-order valence-corrected chi connectivity index (χ1v) is 19.4. The first kappa shape index (κ1) is 44.2. The molecule has 324 valence electrons. The quantitative estimate of drug-likeness (QED) is 0.0759. The van der Waals surface area contributed by atoms with Crippen molar-refractivity contribution >= 4 is 81.4 Å². The molecule has 6 rings (SSSR count). The molecule has 1 saturated heterocycles. The van der Waals surface area contributed by atoms with Crippen LogP contribution in [0.4, 0.5) is 26.7 Å². The van der Waals surface area contributed by atoms with Gasteiger partial charge in [-0.1, -0.05) is 23.7 Å². The number of urea groups is 1. The van der Waals surface area contributed by atoms with Gasteiger partial charge < -0.3 is 45.9 Å². The van der Waals surface area contributed by atoms with E-state index < -0.39 is 53.1 Å². The summed E-state index contributed by atoms with van der Waals surface area (Å²) in [6, 6.07) is 14.3. The van der Waals surface area contributed by atoms with E-state index in [2.05, 4.69) is 36.8 Å². The van der Waals surface area contributed by atoms with Gasteiger partial charge in [-0.2, -0.15) is 4.68 Å². The first-order chi connectivity index (χ1) is 29.4. The van der Waals surface area contributed by atoms with Crippen molar-refractivity contribution in [2.24, 2.45) is 0 Å². The topological polar surface area (TPSA) is 278 Å². The van der Waals surface area contributed by atoms with Gasteiger partial charge in [-0.05, 0) is 104 Å². The number of carboxylic acid groups (broad SMARTS) is 2. The van der Waals surface area contributed by atoms with Crippen molar-refractivity contribution < 1.29 is 53.2 Å². The van der Waals surface area contributed by atoms with Gasteiger partial charge >= 0.3 is 35.9 Å². The minimum absolute atomic E-state index is 0.0532. The van der Waals surface area contributed by atoms with E-state index in [-0.39, 0.29) is 58.2 Å². The minimum atomic E-state index is -1.52. The molecule has 1 atom stereocenters. The molecule has 0 saturated carbocycles. The number of nitrogens with one attached hydrogen (secondary N) is 4. The van der Waals surface area contributed by atoms with Crippen LogP contribution in [0.2, 0.25) is 5.02 Å². The first-order valence-electron chi connectivity index (χ1n) is 19.0. The van der Waals surface area contributed by atoms with Gasteiger partial charge in [0, 0.05) is 41.3 Å². The van der Waals surface area contributed by atoms with Gasteiger partial charge in [0.25, 0.3) is 0 Å². The highest BCUT2D eigenvalue weighted by Crippen LogP contribution is 2.26. The van der Waals surface area contributed by atoms with Crippen LogP contribution in [0.5, 0.6) is 0 Å². The average molecular weight is 873 g/mol. The van der Waals surface area contributed by atoms with E-state index in [0.717, 1.165) is 6.07 Å². The summed E-state index contributed by atoms with van der Waals surface area (Å²) in [6.45, 7) is 5.92. The Morgan fingerprint density at radius 1 is 0.871 bits per heavy atom. The molecule has 62 heavy (non-hydrogen) atoms. The number of tetrazole rings is 1. The lowest BCUT2D eigenvalue weighted by molar-refractivity contribution is -0.163. The molecule has 1 unspecified atom stereocenters. The molecule has 6 N–H and O–H groups in total. The number of hydrogen-bond donors (Lipinski definition) is 6. The van der Waals surface area contributed by atoms with E-state index >= 15 is 0 Å². The fraction of sp³-hybridized carbons (Fsp3) is 0.300. The van der Waals surface area contributed by atoms with Crippen molar-refractivity contribution in [1.82, 2.24) is 35.0 Å². The van der Waals surface area contributed by atoms with E-state index in [1.807, 2.05) is 0 Å². The van der Waals surface area contributed by atoms with Gasteiger partial charge in [-0.25, -0.2) is 23.7 Å². The highest BCUT2D eigenvalue weighted by atomic mass is 35.5. The van der Waals surface area contributed by atoms with Crippen LogP contribution in [0.3, 0.4) is 0 Å². The fourth-order valence-corrected chi connectivity index (χ4v) is 6.69. The summed E-state index contributed by atoms with van der Waals surface area (Å²) in [5.41, 5.74) is 0.376. The number of anilines is 3. The third kappa shape index (κ3) is 11.2. The Morgan fingerprint density at radius 2 is 1.58 bits per heavy atom. The van der Waals surface area contributed by atoms with Crippen molar-refractivity contribution in [1.29, 1.82) is 0 Å². The second-order valence-electron chi connectivity index (χ2n) is 15.0. The third-order valence-corrected chi connectivity index (χ3v) is 9.58. The number of benzene rings is 3. The fourth-order valence-electron chi connectivity index (χ4n) is 6.52. The van der Waals surface area contributed by atoms with Gasteiger partial charge in [0.15, 0.2) is 0 Å². The number of ether oxygens (including phenoxy) is 2. The predicted octanol–water partition coefficient (Wildman–Crippen LogP) is 4.15. The minimum Gasteiger partial charge on any atom is -0.477 e. The molecule has 1 aliphatic heterocycles. The highest BCUT2D eigenvalue weighted by Gasteiger charge is 2.28. The Labute approximate surface area is 357 Å². The number of nitrogens with zero attached hydrogens (tertiary/aromatic N) is 6. The molecule has 1 aliphatic rings. The number of carboxylic acids is 1. The Balaban J connectivity index is 1.14. The summed E-state index contributed by atoms with van der Waals surface area (Å²) in [5, 5.41) is 40.9. The molecule has 1 fully saturated rings. The lowest BCUT2D eigenvalue weighted by Crippen LogP contribution is -2.49. The van der Waals surface area contributed by atoms with Gasteiger partial charge in [0.1, 0.15) is 30.3 Å². The number of hydrogen-bond acceptors (Lipinski definition) is 12. The van der Waals surface area contributed by atoms with E-state index in [0.29, 0.717) is 41.7 Å². The molecule has 0 radical (unpaired) electrons. The number of rotatable bonds is 12. The second-order valence-corrected chi connectivity index (χ2v) is 15.5. The largest absolute Gasteiger partial charge is 0.477 e. The number of likely N-dealkylation sites (tertiary alicyclic amines) is 1. The maximum atomic E-state index is 13.9. The molecular weight excluding hydrogens is 832 g/mol. The second kappa shape index (κ2) is 18.9. The molecule has 5 aromatic rings. The molecular formula is C40H41ClN10O11. The number of aromatic carboxylic acids is 1. The van der Waals surface area contributed by atoms with Crippen molar-refractivity contribution in [2.75, 3.05) is 35.6 Å². The van der Waals surface area contributed by atoms with Crippen LogP contribution >= 0.6 is 11.6 Å². The van der Waals surface area contributed by atoms with Gasteiger partial charge in [0.2, 0.25) is 5.91 Å². The number of piperidine rings is 1. The Kier molecular flexibility index (Phi) is 13.5. The summed E-state index contributed by atoms with van der Waals surface area (Å²) in [4.78, 5) is 90.9. The number of amides is 5. The number of fused-ring (bicyclic) bond motifs is 1. The summed E-state index contributed by atoms with van der Waals surface area (Å²) in [6.07, 6.45) is 0.433. The molecule has 0 aliphatic carbocycles. The Hall–Kier alpha value is -7.39. The Bertz CT molecular complexity index is 2510. The summed E-state index contributed by atoms with van der Waals surface area (Å²) in [5.74, 6) is -5.08. The van der Waals surface area contributed by atoms with Crippen LogP contribution in [-0.2, 0) is 35.1 Å². The van der Waals surface area contributed by atoms with Crippen LogP contribution in [0.25, 0.3) is 16.6 Å². The zero-order valence-corrected chi connectivity index (χ0v) is 34.2. The number of halogens is 1. The molecule has 22 heteroatoms.